The van der Waals surface area contributed by atoms with E-state index in [1.807, 2.05) is 6.07 Å². The number of hydrogen-bond donors (Lipinski definition) is 0. The van der Waals surface area contributed by atoms with Crippen LogP contribution in [0.25, 0.3) is 0 Å². The van der Waals surface area contributed by atoms with E-state index in [4.69, 9.17) is 9.47 Å². The van der Waals surface area contributed by atoms with Crippen molar-refractivity contribution in [2.24, 2.45) is 0 Å². The highest BCUT2D eigenvalue weighted by Gasteiger charge is 2.43. The Morgan fingerprint density at radius 3 is 2.52 bits per heavy atom. The van der Waals surface area contributed by atoms with Crippen LogP contribution in [0, 0.1) is 0 Å². The van der Waals surface area contributed by atoms with Crippen molar-refractivity contribution in [2.45, 2.75) is 13.5 Å². The van der Waals surface area contributed by atoms with Crippen LogP contribution in [0.2, 0.25) is 0 Å². The largest absolute Gasteiger partial charge is 0.454 e. The Morgan fingerprint density at radius 1 is 1.16 bits per heavy atom. The van der Waals surface area contributed by atoms with Gasteiger partial charge in [-0.2, -0.15) is 0 Å². The average Bonchev–Trinajstić information content (AvgIpc) is 3.14. The lowest BCUT2D eigenvalue weighted by Gasteiger charge is -2.23. The molecular weight excluding hydrogens is 330 g/mol. The third kappa shape index (κ3) is 3.00. The summed E-state index contributed by atoms with van der Waals surface area (Å²) in [4.78, 5) is 50.5. The van der Waals surface area contributed by atoms with E-state index in [1.54, 1.807) is 19.1 Å². The van der Waals surface area contributed by atoms with Crippen LogP contribution in [0.15, 0.2) is 18.2 Å². The number of imide groups is 2. The highest BCUT2D eigenvalue weighted by Crippen LogP contribution is 2.32. The van der Waals surface area contributed by atoms with Gasteiger partial charge in [-0.15, -0.1) is 0 Å². The Morgan fingerprint density at radius 2 is 1.88 bits per heavy atom. The van der Waals surface area contributed by atoms with E-state index >= 15 is 0 Å². The summed E-state index contributed by atoms with van der Waals surface area (Å²) in [5.74, 6) is -1.09. The van der Waals surface area contributed by atoms with Gasteiger partial charge in [-0.05, 0) is 24.6 Å². The number of fused-ring (bicyclic) bond motifs is 1. The lowest BCUT2D eigenvalue weighted by Crippen LogP contribution is -2.43. The summed E-state index contributed by atoms with van der Waals surface area (Å²) >= 11 is 0. The third-order valence-electron chi connectivity index (χ3n) is 4.09. The van der Waals surface area contributed by atoms with Gasteiger partial charge in [-0.3, -0.25) is 19.3 Å². The summed E-state index contributed by atoms with van der Waals surface area (Å²) in [5, 5.41) is 0. The Hall–Kier alpha value is -3.10. The molecule has 3 rings (SSSR count). The summed E-state index contributed by atoms with van der Waals surface area (Å²) in [6.45, 7) is 2.15. The van der Waals surface area contributed by atoms with Crippen LogP contribution in [0.3, 0.4) is 0 Å². The number of carbonyl (C=O) groups excluding carboxylic acids is 4. The van der Waals surface area contributed by atoms with Crippen LogP contribution in [0.5, 0.6) is 11.5 Å². The number of nitrogens with zero attached hydrogens (tertiary/aromatic N) is 3. The first kappa shape index (κ1) is 16.7. The molecule has 0 N–H and O–H groups in total. The molecule has 132 valence electrons. The van der Waals surface area contributed by atoms with E-state index in [1.165, 1.54) is 11.9 Å². The Labute approximate surface area is 143 Å². The second-order valence-corrected chi connectivity index (χ2v) is 5.63. The monoisotopic (exact) mass is 347 g/mol. The number of rotatable bonds is 5. The smallest absolute Gasteiger partial charge is 0.334 e. The standard InChI is InChI=1S/C16H17N3O6/c1-3-18(7-10-4-5-11-12(6-10)25-9-24-11)13(20)8-19-15(22)14(21)17(2)16(19)23/h4-6H,3,7-9H2,1-2H3. The minimum atomic E-state index is -0.986. The topological polar surface area (TPSA) is 96.5 Å². The molecule has 1 saturated heterocycles. The Balaban J connectivity index is 1.68. The maximum Gasteiger partial charge on any atom is 0.334 e. The second-order valence-electron chi connectivity index (χ2n) is 5.63. The van der Waals surface area contributed by atoms with Crippen molar-refractivity contribution in [2.75, 3.05) is 26.9 Å². The molecule has 0 bridgehead atoms. The van der Waals surface area contributed by atoms with E-state index in [0.29, 0.717) is 27.8 Å². The van der Waals surface area contributed by atoms with Crippen LogP contribution < -0.4 is 9.47 Å². The summed E-state index contributed by atoms with van der Waals surface area (Å²) in [5.41, 5.74) is 0.826. The number of carbonyl (C=O) groups is 4. The highest BCUT2D eigenvalue weighted by molar-refractivity contribution is 6.44. The fourth-order valence-corrected chi connectivity index (χ4v) is 2.62. The zero-order valence-electron chi connectivity index (χ0n) is 13.9. The molecule has 1 aromatic rings. The molecule has 2 aliphatic heterocycles. The van der Waals surface area contributed by atoms with E-state index in [9.17, 15) is 19.2 Å². The molecule has 2 heterocycles. The molecule has 0 aromatic heterocycles. The van der Waals surface area contributed by atoms with Crippen molar-refractivity contribution in [3.8, 4) is 11.5 Å². The predicted molar refractivity (Wildman–Crippen MR) is 83.5 cm³/mol. The van der Waals surface area contributed by atoms with Gasteiger partial charge in [0.2, 0.25) is 12.7 Å². The van der Waals surface area contributed by atoms with Gasteiger partial charge in [0, 0.05) is 20.1 Å². The van der Waals surface area contributed by atoms with Gasteiger partial charge in [0.1, 0.15) is 6.54 Å². The van der Waals surface area contributed by atoms with Crippen molar-refractivity contribution < 1.29 is 28.7 Å². The van der Waals surface area contributed by atoms with Crippen molar-refractivity contribution in [1.82, 2.24) is 14.7 Å². The first-order chi connectivity index (χ1) is 11.9. The second kappa shape index (κ2) is 6.42. The van der Waals surface area contributed by atoms with E-state index in [2.05, 4.69) is 0 Å². The van der Waals surface area contributed by atoms with Gasteiger partial charge in [0.25, 0.3) is 0 Å². The fourth-order valence-electron chi connectivity index (χ4n) is 2.62. The summed E-state index contributed by atoms with van der Waals surface area (Å²) < 4.78 is 10.6. The highest BCUT2D eigenvalue weighted by atomic mass is 16.7. The first-order valence-corrected chi connectivity index (χ1v) is 7.72. The molecule has 0 unspecified atom stereocenters. The maximum absolute atomic E-state index is 12.5. The van der Waals surface area contributed by atoms with Crippen LogP contribution in [-0.2, 0) is 20.9 Å². The fraction of sp³-hybridized carbons (Fsp3) is 0.375. The quantitative estimate of drug-likeness (QED) is 0.557. The first-order valence-electron chi connectivity index (χ1n) is 7.72. The summed E-state index contributed by atoms with van der Waals surface area (Å²) in [7, 11) is 1.21. The summed E-state index contributed by atoms with van der Waals surface area (Å²) in [6.07, 6.45) is 0. The molecule has 0 aliphatic carbocycles. The number of ether oxygens (including phenoxy) is 2. The zero-order valence-corrected chi connectivity index (χ0v) is 13.9. The van der Waals surface area contributed by atoms with Crippen LogP contribution in [0.4, 0.5) is 4.79 Å². The molecular formula is C16H17N3O6. The van der Waals surface area contributed by atoms with Gasteiger partial charge < -0.3 is 14.4 Å². The average molecular weight is 347 g/mol. The van der Waals surface area contributed by atoms with Crippen molar-refractivity contribution in [3.05, 3.63) is 23.8 Å². The zero-order chi connectivity index (χ0) is 18.1. The summed E-state index contributed by atoms with van der Waals surface area (Å²) in [6, 6.07) is 4.56. The normalized spacial score (nSPS) is 16.0. The lowest BCUT2D eigenvalue weighted by atomic mass is 10.2. The number of urea groups is 1. The predicted octanol–water partition coefficient (Wildman–Crippen LogP) is 0.184. The molecule has 1 fully saturated rings. The number of likely N-dealkylation sites (N-methyl/N-ethyl adjacent to an activating group) is 2. The molecule has 0 atom stereocenters. The number of benzene rings is 1. The van der Waals surface area contributed by atoms with Crippen LogP contribution in [0.1, 0.15) is 12.5 Å². The molecule has 0 saturated carbocycles. The molecule has 9 heteroatoms. The Bertz CT molecular complexity index is 762. The maximum atomic E-state index is 12.5. The molecule has 5 amide bonds. The third-order valence-corrected chi connectivity index (χ3v) is 4.09. The molecule has 0 radical (unpaired) electrons. The van der Waals surface area contributed by atoms with Crippen molar-refractivity contribution in [1.29, 1.82) is 0 Å². The minimum Gasteiger partial charge on any atom is -0.454 e. The van der Waals surface area contributed by atoms with Gasteiger partial charge in [-0.1, -0.05) is 6.07 Å². The molecule has 1 aromatic carbocycles. The molecule has 9 nitrogen and oxygen atoms in total. The van der Waals surface area contributed by atoms with Crippen LogP contribution >= 0.6 is 0 Å². The van der Waals surface area contributed by atoms with E-state index in [-0.39, 0.29) is 13.3 Å². The van der Waals surface area contributed by atoms with Gasteiger partial charge in [0.15, 0.2) is 11.5 Å². The van der Waals surface area contributed by atoms with Gasteiger partial charge >= 0.3 is 17.8 Å². The van der Waals surface area contributed by atoms with E-state index < -0.39 is 30.3 Å². The van der Waals surface area contributed by atoms with Gasteiger partial charge in [-0.25, -0.2) is 9.69 Å². The van der Waals surface area contributed by atoms with Crippen molar-refractivity contribution in [3.63, 3.8) is 0 Å². The van der Waals surface area contributed by atoms with E-state index in [0.717, 1.165) is 5.56 Å². The van der Waals surface area contributed by atoms with Crippen molar-refractivity contribution >= 4 is 23.8 Å². The lowest BCUT2D eigenvalue weighted by molar-refractivity contribution is -0.144. The number of amides is 5. The minimum absolute atomic E-state index is 0.163. The molecule has 25 heavy (non-hydrogen) atoms. The Kier molecular flexibility index (Phi) is 4.30. The number of hydrogen-bond acceptors (Lipinski definition) is 6. The van der Waals surface area contributed by atoms with Gasteiger partial charge in [0.05, 0.1) is 0 Å². The van der Waals surface area contributed by atoms with Crippen LogP contribution in [-0.4, -0.2) is 65.4 Å². The molecule has 0 spiro atoms. The molecule has 2 aliphatic rings. The SMILES string of the molecule is CCN(Cc1ccc2c(c1)OCO2)C(=O)CN1C(=O)C(=O)N(C)C1=O.